The Hall–Kier alpha value is -0.940. The highest BCUT2D eigenvalue weighted by molar-refractivity contribution is 7.08. The van der Waals surface area contributed by atoms with Gasteiger partial charge in [0.15, 0.2) is 0 Å². The minimum Gasteiger partial charge on any atom is -0.335 e. The number of hydrogen-bond acceptors (Lipinski definition) is 4. The van der Waals surface area contributed by atoms with E-state index in [1.807, 2.05) is 4.90 Å². The molecule has 2 heterocycles. The second-order valence-corrected chi connectivity index (χ2v) is 4.31. The van der Waals surface area contributed by atoms with Crippen molar-refractivity contribution in [2.75, 3.05) is 33.2 Å². The number of amides is 1. The molecule has 0 aliphatic carbocycles. The summed E-state index contributed by atoms with van der Waals surface area (Å²) in [5, 5.41) is 0. The van der Waals surface area contributed by atoms with E-state index in [2.05, 4.69) is 16.3 Å². The molecule has 1 aliphatic heterocycles. The molecule has 0 N–H and O–H groups in total. The van der Waals surface area contributed by atoms with Crippen molar-refractivity contribution in [2.24, 2.45) is 0 Å². The molecule has 0 bridgehead atoms. The zero-order chi connectivity index (χ0) is 9.97. The number of carbonyl (C=O) groups excluding carboxylic acids is 1. The van der Waals surface area contributed by atoms with Crippen molar-refractivity contribution in [1.82, 2.24) is 14.2 Å². The highest BCUT2D eigenvalue weighted by atomic mass is 32.1. The van der Waals surface area contributed by atoms with Crippen LogP contribution in [0.5, 0.6) is 0 Å². The molecule has 76 valence electrons. The average molecular weight is 211 g/mol. The molecule has 0 atom stereocenters. The van der Waals surface area contributed by atoms with Crippen molar-refractivity contribution in [3.8, 4) is 0 Å². The summed E-state index contributed by atoms with van der Waals surface area (Å²) in [4.78, 5) is 16.7. The number of carbonyl (C=O) groups is 1. The Balaban J connectivity index is 1.99. The number of hydrogen-bond donors (Lipinski definition) is 0. The first kappa shape index (κ1) is 9.61. The third-order valence-electron chi connectivity index (χ3n) is 2.44. The second-order valence-electron chi connectivity index (χ2n) is 3.47. The van der Waals surface area contributed by atoms with Crippen LogP contribution in [0.2, 0.25) is 0 Å². The van der Waals surface area contributed by atoms with Crippen LogP contribution in [-0.4, -0.2) is 53.3 Å². The van der Waals surface area contributed by atoms with E-state index in [1.165, 1.54) is 11.5 Å². The van der Waals surface area contributed by atoms with Crippen molar-refractivity contribution < 1.29 is 4.79 Å². The maximum atomic E-state index is 11.8. The number of aromatic nitrogens is 1. The van der Waals surface area contributed by atoms with E-state index >= 15 is 0 Å². The van der Waals surface area contributed by atoms with E-state index in [0.29, 0.717) is 0 Å². The normalized spacial score (nSPS) is 18.5. The third-order valence-corrected chi connectivity index (χ3v) is 3.17. The van der Waals surface area contributed by atoms with Crippen LogP contribution in [0.1, 0.15) is 9.67 Å². The highest BCUT2D eigenvalue weighted by Crippen LogP contribution is 2.10. The van der Waals surface area contributed by atoms with Crippen molar-refractivity contribution in [3.63, 3.8) is 0 Å². The van der Waals surface area contributed by atoms with Crippen LogP contribution in [0.3, 0.4) is 0 Å². The molecular weight excluding hydrogens is 198 g/mol. The lowest BCUT2D eigenvalue weighted by atomic mass is 10.3. The largest absolute Gasteiger partial charge is 0.335 e. The van der Waals surface area contributed by atoms with Crippen molar-refractivity contribution in [2.45, 2.75) is 0 Å². The van der Waals surface area contributed by atoms with Gasteiger partial charge in [-0.25, -0.2) is 4.37 Å². The van der Waals surface area contributed by atoms with E-state index in [0.717, 1.165) is 31.1 Å². The quantitative estimate of drug-likeness (QED) is 0.680. The fourth-order valence-electron chi connectivity index (χ4n) is 1.49. The lowest BCUT2D eigenvalue weighted by molar-refractivity contribution is 0.0669. The Bertz CT molecular complexity index is 304. The lowest BCUT2D eigenvalue weighted by Crippen LogP contribution is -2.46. The predicted octanol–water partition coefficient (Wildman–Crippen LogP) is 0.531. The van der Waals surface area contributed by atoms with Crippen LogP contribution in [0.15, 0.2) is 12.3 Å². The summed E-state index contributed by atoms with van der Waals surface area (Å²) in [7, 11) is 2.08. The average Bonchev–Trinajstić information content (AvgIpc) is 2.71. The summed E-state index contributed by atoms with van der Waals surface area (Å²) in [6.07, 6.45) is 1.67. The highest BCUT2D eigenvalue weighted by Gasteiger charge is 2.20. The predicted molar refractivity (Wildman–Crippen MR) is 55.5 cm³/mol. The number of rotatable bonds is 1. The Labute approximate surface area is 87.3 Å². The van der Waals surface area contributed by atoms with Gasteiger partial charge in [-0.15, -0.1) is 0 Å². The van der Waals surface area contributed by atoms with Gasteiger partial charge in [-0.2, -0.15) is 0 Å². The summed E-state index contributed by atoms with van der Waals surface area (Å²) in [6.45, 7) is 3.58. The number of nitrogens with zero attached hydrogens (tertiary/aromatic N) is 3. The van der Waals surface area contributed by atoms with Crippen LogP contribution in [0.25, 0.3) is 0 Å². The number of piperazine rings is 1. The molecule has 1 aromatic heterocycles. The molecule has 0 saturated carbocycles. The topological polar surface area (TPSA) is 36.4 Å². The molecule has 1 saturated heterocycles. The van der Waals surface area contributed by atoms with Crippen LogP contribution in [0.4, 0.5) is 0 Å². The molecule has 2 rings (SSSR count). The fourth-order valence-corrected chi connectivity index (χ4v) is 2.06. The van der Waals surface area contributed by atoms with Gasteiger partial charge in [0, 0.05) is 32.4 Å². The molecule has 1 amide bonds. The third kappa shape index (κ3) is 1.93. The number of likely N-dealkylation sites (N-methyl/N-ethyl adjacent to an activating group) is 1. The van der Waals surface area contributed by atoms with E-state index < -0.39 is 0 Å². The van der Waals surface area contributed by atoms with Crippen LogP contribution >= 0.6 is 11.5 Å². The Kier molecular flexibility index (Phi) is 2.79. The van der Waals surface area contributed by atoms with E-state index in [1.54, 1.807) is 12.3 Å². The van der Waals surface area contributed by atoms with E-state index in [-0.39, 0.29) is 5.91 Å². The molecule has 1 aromatic rings. The van der Waals surface area contributed by atoms with E-state index in [9.17, 15) is 4.79 Å². The minimum atomic E-state index is 0.126. The molecule has 0 spiro atoms. The Morgan fingerprint density at radius 1 is 1.43 bits per heavy atom. The maximum Gasteiger partial charge on any atom is 0.265 e. The van der Waals surface area contributed by atoms with Gasteiger partial charge in [0.1, 0.15) is 4.88 Å². The SMILES string of the molecule is CN1CCN(C(=O)c2ccns2)CC1. The zero-order valence-electron chi connectivity index (χ0n) is 8.14. The molecule has 0 aromatic carbocycles. The Morgan fingerprint density at radius 2 is 2.14 bits per heavy atom. The van der Waals surface area contributed by atoms with Crippen LogP contribution in [-0.2, 0) is 0 Å². The Morgan fingerprint density at radius 3 is 2.71 bits per heavy atom. The smallest absolute Gasteiger partial charge is 0.265 e. The van der Waals surface area contributed by atoms with Crippen molar-refractivity contribution >= 4 is 17.4 Å². The van der Waals surface area contributed by atoms with Crippen molar-refractivity contribution in [3.05, 3.63) is 17.1 Å². The molecule has 4 nitrogen and oxygen atoms in total. The monoisotopic (exact) mass is 211 g/mol. The van der Waals surface area contributed by atoms with Gasteiger partial charge in [-0.1, -0.05) is 0 Å². The second kappa shape index (κ2) is 4.06. The molecule has 14 heavy (non-hydrogen) atoms. The van der Waals surface area contributed by atoms with Gasteiger partial charge in [0.2, 0.25) is 0 Å². The van der Waals surface area contributed by atoms with E-state index in [4.69, 9.17) is 0 Å². The summed E-state index contributed by atoms with van der Waals surface area (Å²) in [6, 6.07) is 1.78. The lowest BCUT2D eigenvalue weighted by Gasteiger charge is -2.31. The van der Waals surface area contributed by atoms with Gasteiger partial charge in [0.05, 0.1) is 0 Å². The first-order valence-corrected chi connectivity index (χ1v) is 5.43. The molecule has 1 aliphatic rings. The molecule has 1 fully saturated rings. The summed E-state index contributed by atoms with van der Waals surface area (Å²) in [5.41, 5.74) is 0. The minimum absolute atomic E-state index is 0.126. The first-order chi connectivity index (χ1) is 6.77. The molecule has 0 unspecified atom stereocenters. The molecule has 5 heteroatoms. The molecule has 0 radical (unpaired) electrons. The van der Waals surface area contributed by atoms with Gasteiger partial charge in [0.25, 0.3) is 5.91 Å². The summed E-state index contributed by atoms with van der Waals surface area (Å²) in [5.74, 6) is 0.126. The van der Waals surface area contributed by atoms with Crippen LogP contribution in [0, 0.1) is 0 Å². The van der Waals surface area contributed by atoms with Gasteiger partial charge in [-0.05, 0) is 24.6 Å². The van der Waals surface area contributed by atoms with Crippen molar-refractivity contribution in [1.29, 1.82) is 0 Å². The summed E-state index contributed by atoms with van der Waals surface area (Å²) >= 11 is 1.27. The van der Waals surface area contributed by atoms with Gasteiger partial charge < -0.3 is 9.80 Å². The zero-order valence-corrected chi connectivity index (χ0v) is 8.96. The fraction of sp³-hybridized carbons (Fsp3) is 0.556. The van der Waals surface area contributed by atoms with Crippen LogP contribution < -0.4 is 0 Å². The first-order valence-electron chi connectivity index (χ1n) is 4.66. The molecular formula is C9H13N3OS. The van der Waals surface area contributed by atoms with Gasteiger partial charge >= 0.3 is 0 Å². The van der Waals surface area contributed by atoms with Gasteiger partial charge in [-0.3, -0.25) is 4.79 Å². The maximum absolute atomic E-state index is 11.8. The summed E-state index contributed by atoms with van der Waals surface area (Å²) < 4.78 is 3.94. The standard InChI is InChI=1S/C9H13N3OS/c1-11-4-6-12(7-5-11)9(13)8-2-3-10-14-8/h2-3H,4-7H2,1H3.